The molecule has 0 radical (unpaired) electrons. The molecule has 0 atom stereocenters. The molecule has 0 aliphatic carbocycles. The fraction of sp³-hybridized carbons (Fsp3) is 0.200. The zero-order valence-corrected chi connectivity index (χ0v) is 12.6. The molecule has 2 aromatic carbocycles. The summed E-state index contributed by atoms with van der Waals surface area (Å²) in [6.07, 6.45) is 0.718. The smallest absolute Gasteiger partial charge is 0.261 e. The number of ether oxygens (including phenoxy) is 1. The number of anilines is 1. The minimum atomic E-state index is -3.73. The molecule has 2 aromatic rings. The lowest BCUT2D eigenvalue weighted by molar-refractivity contribution is 0.410. The molecule has 112 valence electrons. The Bertz CT molecular complexity index is 727. The summed E-state index contributed by atoms with van der Waals surface area (Å²) < 4.78 is 44.9. The van der Waals surface area contributed by atoms with Crippen LogP contribution in [0.25, 0.3) is 0 Å². The number of hydrogen-bond acceptors (Lipinski definition) is 3. The van der Waals surface area contributed by atoms with Gasteiger partial charge in [0.2, 0.25) is 0 Å². The first-order valence-corrected chi connectivity index (χ1v) is 7.90. The third-order valence-corrected chi connectivity index (χ3v) is 4.43. The van der Waals surface area contributed by atoms with Crippen molar-refractivity contribution < 1.29 is 17.5 Å². The third-order valence-electron chi connectivity index (χ3n) is 3.04. The number of rotatable bonds is 5. The van der Waals surface area contributed by atoms with Gasteiger partial charge in [0.05, 0.1) is 12.0 Å². The van der Waals surface area contributed by atoms with Crippen LogP contribution in [0.3, 0.4) is 0 Å². The van der Waals surface area contributed by atoms with Crippen molar-refractivity contribution in [2.45, 2.75) is 18.2 Å². The van der Waals surface area contributed by atoms with E-state index in [-0.39, 0.29) is 4.90 Å². The maximum absolute atomic E-state index is 12.9. The van der Waals surface area contributed by atoms with Crippen LogP contribution in [-0.2, 0) is 16.4 Å². The maximum atomic E-state index is 12.9. The van der Waals surface area contributed by atoms with Crippen molar-refractivity contribution in [3.05, 3.63) is 53.8 Å². The van der Waals surface area contributed by atoms with Crippen molar-refractivity contribution in [3.63, 3.8) is 0 Å². The van der Waals surface area contributed by atoms with E-state index in [1.807, 2.05) is 6.92 Å². The lowest BCUT2D eigenvalue weighted by atomic mass is 10.1. The molecule has 0 heterocycles. The average molecular weight is 309 g/mol. The van der Waals surface area contributed by atoms with Crippen LogP contribution in [0.2, 0.25) is 0 Å². The third kappa shape index (κ3) is 3.52. The summed E-state index contributed by atoms with van der Waals surface area (Å²) in [5.41, 5.74) is 1.34. The van der Waals surface area contributed by atoms with Crippen LogP contribution >= 0.6 is 0 Å². The normalized spacial score (nSPS) is 11.2. The monoisotopic (exact) mass is 309 g/mol. The van der Waals surface area contributed by atoms with E-state index in [0.29, 0.717) is 11.4 Å². The molecule has 0 aliphatic rings. The molecular formula is C15H16FNO3S. The van der Waals surface area contributed by atoms with E-state index >= 15 is 0 Å². The average Bonchev–Trinajstić information content (AvgIpc) is 2.47. The molecule has 0 spiro atoms. The first-order chi connectivity index (χ1) is 9.96. The van der Waals surface area contributed by atoms with Gasteiger partial charge in [-0.15, -0.1) is 0 Å². The second-order valence-electron chi connectivity index (χ2n) is 4.44. The van der Waals surface area contributed by atoms with Crippen molar-refractivity contribution in [2.75, 3.05) is 11.8 Å². The maximum Gasteiger partial charge on any atom is 0.261 e. The van der Waals surface area contributed by atoms with Crippen molar-refractivity contribution in [1.29, 1.82) is 0 Å². The summed E-state index contributed by atoms with van der Waals surface area (Å²) in [6, 6.07) is 9.73. The highest BCUT2D eigenvalue weighted by atomic mass is 32.2. The number of methoxy groups -OCH3 is 1. The van der Waals surface area contributed by atoms with Crippen LogP contribution < -0.4 is 9.46 Å². The van der Waals surface area contributed by atoms with E-state index in [4.69, 9.17) is 4.74 Å². The molecule has 6 heteroatoms. The Labute approximate surface area is 123 Å². The topological polar surface area (TPSA) is 55.4 Å². The van der Waals surface area contributed by atoms with E-state index in [9.17, 15) is 12.8 Å². The SMILES string of the molecule is CCc1cc(NS(=O)(=O)c2ccc(F)cc2)ccc1OC. The largest absolute Gasteiger partial charge is 0.496 e. The van der Waals surface area contributed by atoms with Gasteiger partial charge in [0, 0.05) is 5.69 Å². The highest BCUT2D eigenvalue weighted by Gasteiger charge is 2.15. The summed E-state index contributed by atoms with van der Waals surface area (Å²) in [5.74, 6) is 0.230. The van der Waals surface area contributed by atoms with E-state index in [1.54, 1.807) is 25.3 Å². The molecule has 0 amide bonds. The number of halogens is 1. The highest BCUT2D eigenvalue weighted by molar-refractivity contribution is 7.92. The first-order valence-electron chi connectivity index (χ1n) is 6.41. The molecule has 0 unspecified atom stereocenters. The van der Waals surface area contributed by atoms with Gasteiger partial charge in [-0.3, -0.25) is 4.72 Å². The van der Waals surface area contributed by atoms with Crippen LogP contribution in [-0.4, -0.2) is 15.5 Å². The van der Waals surface area contributed by atoms with Gasteiger partial charge >= 0.3 is 0 Å². The van der Waals surface area contributed by atoms with Gasteiger partial charge in [-0.2, -0.15) is 0 Å². The second-order valence-corrected chi connectivity index (χ2v) is 6.12. The van der Waals surface area contributed by atoms with Crippen LogP contribution in [0.5, 0.6) is 5.75 Å². The minimum Gasteiger partial charge on any atom is -0.496 e. The lowest BCUT2D eigenvalue weighted by Crippen LogP contribution is -2.13. The Morgan fingerprint density at radius 3 is 2.38 bits per heavy atom. The summed E-state index contributed by atoms with van der Waals surface area (Å²) in [7, 11) is -2.17. The highest BCUT2D eigenvalue weighted by Crippen LogP contribution is 2.24. The zero-order valence-electron chi connectivity index (χ0n) is 11.8. The van der Waals surface area contributed by atoms with Crippen LogP contribution in [0.1, 0.15) is 12.5 Å². The van der Waals surface area contributed by atoms with Crippen molar-refractivity contribution in [1.82, 2.24) is 0 Å². The van der Waals surface area contributed by atoms with Crippen LogP contribution in [0.15, 0.2) is 47.4 Å². The minimum absolute atomic E-state index is 0.0118. The molecule has 2 rings (SSSR count). The van der Waals surface area contributed by atoms with Crippen LogP contribution in [0, 0.1) is 5.82 Å². The fourth-order valence-electron chi connectivity index (χ4n) is 1.95. The summed E-state index contributed by atoms with van der Waals surface area (Å²) in [4.78, 5) is 0.0118. The molecule has 0 saturated carbocycles. The van der Waals surface area contributed by atoms with Crippen molar-refractivity contribution in [2.24, 2.45) is 0 Å². The van der Waals surface area contributed by atoms with Crippen LogP contribution in [0.4, 0.5) is 10.1 Å². The summed E-state index contributed by atoms with van der Waals surface area (Å²) >= 11 is 0. The standard InChI is InChI=1S/C15H16FNO3S/c1-3-11-10-13(6-9-15(11)20-2)17-21(18,19)14-7-4-12(16)5-8-14/h4-10,17H,3H2,1-2H3. The molecular weight excluding hydrogens is 293 g/mol. The molecule has 1 N–H and O–H groups in total. The van der Waals surface area contributed by atoms with E-state index in [2.05, 4.69) is 4.72 Å². The van der Waals surface area contributed by atoms with E-state index in [1.165, 1.54) is 12.1 Å². The Kier molecular flexibility index (Phi) is 4.47. The molecule has 0 bridgehead atoms. The van der Waals surface area contributed by atoms with Gasteiger partial charge < -0.3 is 4.74 Å². The van der Waals surface area contributed by atoms with Gasteiger partial charge in [0.15, 0.2) is 0 Å². The Morgan fingerprint density at radius 1 is 1.14 bits per heavy atom. The molecule has 0 aromatic heterocycles. The predicted molar refractivity (Wildman–Crippen MR) is 79.6 cm³/mol. The Balaban J connectivity index is 2.30. The molecule has 0 fully saturated rings. The van der Waals surface area contributed by atoms with Gasteiger partial charge in [0.1, 0.15) is 11.6 Å². The van der Waals surface area contributed by atoms with Gasteiger partial charge in [-0.05, 0) is 54.4 Å². The molecule has 21 heavy (non-hydrogen) atoms. The molecule has 0 saturated heterocycles. The summed E-state index contributed by atoms with van der Waals surface area (Å²) in [6.45, 7) is 1.95. The number of sulfonamides is 1. The fourth-order valence-corrected chi connectivity index (χ4v) is 3.00. The number of hydrogen-bond donors (Lipinski definition) is 1. The number of benzene rings is 2. The Hall–Kier alpha value is -2.08. The van der Waals surface area contributed by atoms with E-state index in [0.717, 1.165) is 24.1 Å². The summed E-state index contributed by atoms with van der Waals surface area (Å²) in [5, 5.41) is 0. The van der Waals surface area contributed by atoms with Gasteiger partial charge in [-0.1, -0.05) is 6.92 Å². The van der Waals surface area contributed by atoms with E-state index < -0.39 is 15.8 Å². The quantitative estimate of drug-likeness (QED) is 0.923. The second kappa shape index (κ2) is 6.13. The number of aryl methyl sites for hydroxylation is 1. The number of nitrogens with one attached hydrogen (secondary N) is 1. The van der Waals surface area contributed by atoms with Gasteiger partial charge in [-0.25, -0.2) is 12.8 Å². The first kappa shape index (κ1) is 15.3. The van der Waals surface area contributed by atoms with Crippen molar-refractivity contribution in [3.8, 4) is 5.75 Å². The molecule has 4 nitrogen and oxygen atoms in total. The van der Waals surface area contributed by atoms with Crippen molar-refractivity contribution >= 4 is 15.7 Å². The predicted octanol–water partition coefficient (Wildman–Crippen LogP) is 3.20. The lowest BCUT2D eigenvalue weighted by Gasteiger charge is -2.11. The Morgan fingerprint density at radius 2 is 1.81 bits per heavy atom. The zero-order chi connectivity index (χ0) is 15.5. The molecule has 0 aliphatic heterocycles. The van der Waals surface area contributed by atoms with Gasteiger partial charge in [0.25, 0.3) is 10.0 Å².